The molecule has 2 aliphatic rings. The maximum Gasteiger partial charge on any atom is 0.362 e. The second-order valence-electron chi connectivity index (χ2n) is 7.99. The molecule has 1 saturated heterocycles. The van der Waals surface area contributed by atoms with Gasteiger partial charge >= 0.3 is 5.97 Å². The zero-order valence-electron chi connectivity index (χ0n) is 17.1. The van der Waals surface area contributed by atoms with Crippen LogP contribution >= 0.6 is 0 Å². The number of carbonyl (C=O) groups is 1. The molecule has 2 heterocycles. The molecule has 7 heteroatoms. The van der Waals surface area contributed by atoms with Gasteiger partial charge in [0.1, 0.15) is 5.75 Å². The van der Waals surface area contributed by atoms with Crippen LogP contribution in [0.4, 0.5) is 0 Å². The van der Waals surface area contributed by atoms with Crippen molar-refractivity contribution in [3.8, 4) is 11.6 Å². The average molecular weight is 399 g/mol. The first-order valence-corrected chi connectivity index (χ1v) is 10.8. The quantitative estimate of drug-likeness (QED) is 0.732. The molecule has 0 bridgehead atoms. The van der Waals surface area contributed by atoms with E-state index in [0.29, 0.717) is 11.7 Å². The number of nitrogens with one attached hydrogen (secondary N) is 1. The maximum atomic E-state index is 11.9. The maximum absolute atomic E-state index is 11.9. The summed E-state index contributed by atoms with van der Waals surface area (Å²) in [6.07, 6.45) is 9.40. The zero-order valence-corrected chi connectivity index (χ0v) is 17.1. The number of aromatic nitrogens is 3. The summed E-state index contributed by atoms with van der Waals surface area (Å²) in [4.78, 5) is 14.6. The highest BCUT2D eigenvalue weighted by Gasteiger charge is 2.27. The van der Waals surface area contributed by atoms with Crippen molar-refractivity contribution in [1.29, 1.82) is 0 Å². The van der Waals surface area contributed by atoms with E-state index < -0.39 is 5.97 Å². The lowest BCUT2D eigenvalue weighted by Crippen LogP contribution is -2.41. The Morgan fingerprint density at radius 3 is 2.52 bits per heavy atom. The van der Waals surface area contributed by atoms with Crippen molar-refractivity contribution >= 4 is 5.97 Å². The highest BCUT2D eigenvalue weighted by atomic mass is 16.5. The molecule has 2 fully saturated rings. The van der Waals surface area contributed by atoms with Gasteiger partial charge in [-0.1, -0.05) is 41.7 Å². The fourth-order valence-electron chi connectivity index (χ4n) is 4.59. The van der Waals surface area contributed by atoms with Gasteiger partial charge < -0.3 is 14.4 Å². The van der Waals surface area contributed by atoms with Crippen molar-refractivity contribution in [2.24, 2.45) is 0 Å². The summed E-state index contributed by atoms with van der Waals surface area (Å²) in [6, 6.07) is 8.94. The van der Waals surface area contributed by atoms with E-state index in [1.807, 2.05) is 12.1 Å². The monoisotopic (exact) mass is 398 g/mol. The van der Waals surface area contributed by atoms with Crippen LogP contribution in [0.15, 0.2) is 24.3 Å². The topological polar surface area (TPSA) is 80.3 Å². The number of carbonyl (C=O) groups excluding carboxylic acids is 1. The minimum atomic E-state index is -0.520. The van der Waals surface area contributed by atoms with Crippen LogP contribution in [0.5, 0.6) is 11.6 Å². The van der Waals surface area contributed by atoms with Crippen LogP contribution in [0, 0.1) is 0 Å². The number of benzene rings is 1. The number of esters is 1. The van der Waals surface area contributed by atoms with Gasteiger partial charge in [-0.05, 0) is 69.3 Å². The lowest BCUT2D eigenvalue weighted by molar-refractivity contribution is 0.0516. The van der Waals surface area contributed by atoms with E-state index >= 15 is 0 Å². The summed E-state index contributed by atoms with van der Waals surface area (Å²) in [5.74, 6) is 0.852. The van der Waals surface area contributed by atoms with Crippen LogP contribution in [-0.2, 0) is 4.74 Å². The largest absolute Gasteiger partial charge is 0.461 e. The Hall–Kier alpha value is -2.41. The van der Waals surface area contributed by atoms with Gasteiger partial charge in [-0.25, -0.2) is 9.89 Å². The molecule has 0 spiro atoms. The molecule has 1 aromatic heterocycles. The molecule has 0 amide bonds. The Balaban J connectivity index is 1.33. The van der Waals surface area contributed by atoms with Gasteiger partial charge in [-0.15, -0.1) is 0 Å². The minimum absolute atomic E-state index is 0.131. The molecule has 7 nitrogen and oxygen atoms in total. The van der Waals surface area contributed by atoms with Crippen LogP contribution < -0.4 is 4.74 Å². The Morgan fingerprint density at radius 1 is 1.10 bits per heavy atom. The smallest absolute Gasteiger partial charge is 0.362 e. The van der Waals surface area contributed by atoms with E-state index in [4.69, 9.17) is 9.47 Å². The fraction of sp³-hybridized carbons (Fsp3) is 0.591. The van der Waals surface area contributed by atoms with Gasteiger partial charge in [0, 0.05) is 6.04 Å². The van der Waals surface area contributed by atoms with E-state index in [1.165, 1.54) is 63.6 Å². The molecule has 1 aliphatic heterocycles. The Bertz CT molecular complexity index is 791. The highest BCUT2D eigenvalue weighted by molar-refractivity contribution is 5.89. The summed E-state index contributed by atoms with van der Waals surface area (Å²) in [5.41, 5.74) is 1.48. The molecule has 29 heavy (non-hydrogen) atoms. The number of piperidine rings is 1. The van der Waals surface area contributed by atoms with E-state index in [1.54, 1.807) is 6.92 Å². The predicted octanol–water partition coefficient (Wildman–Crippen LogP) is 4.29. The van der Waals surface area contributed by atoms with E-state index in [2.05, 4.69) is 32.4 Å². The molecule has 1 aromatic carbocycles. The molecule has 4 rings (SSSR count). The average Bonchev–Trinajstić information content (AvgIpc) is 3.23. The van der Waals surface area contributed by atoms with Gasteiger partial charge in [-0.3, -0.25) is 0 Å². The minimum Gasteiger partial charge on any atom is -0.461 e. The van der Waals surface area contributed by atoms with E-state index in [9.17, 15) is 4.79 Å². The molecule has 0 atom stereocenters. The number of hydrogen-bond donors (Lipinski definition) is 1. The molecule has 0 unspecified atom stereocenters. The Kier molecular flexibility index (Phi) is 6.44. The third kappa shape index (κ3) is 4.78. The second-order valence-corrected chi connectivity index (χ2v) is 7.99. The molecule has 156 valence electrons. The third-order valence-corrected chi connectivity index (χ3v) is 6.18. The standard InChI is InChI=1S/C22H30N4O3/c1-2-28-22(27)20-21(24-25-23-20)29-19-10-8-16(9-11-19)17-12-14-26(15-13-17)18-6-4-3-5-7-18/h8-11,17-18H,2-7,12-15H2,1H3,(H,23,24,25). The summed E-state index contributed by atoms with van der Waals surface area (Å²) in [6.45, 7) is 4.44. The molecule has 0 radical (unpaired) electrons. The van der Waals surface area contributed by atoms with E-state index in [-0.39, 0.29) is 18.2 Å². The van der Waals surface area contributed by atoms with Crippen molar-refractivity contribution < 1.29 is 14.3 Å². The number of ether oxygens (including phenoxy) is 2. The van der Waals surface area contributed by atoms with Crippen LogP contribution in [0.1, 0.15) is 73.8 Å². The third-order valence-electron chi connectivity index (χ3n) is 6.18. The Morgan fingerprint density at radius 2 is 1.83 bits per heavy atom. The van der Waals surface area contributed by atoms with Gasteiger partial charge in [0.15, 0.2) is 0 Å². The van der Waals surface area contributed by atoms with Crippen LogP contribution in [0.3, 0.4) is 0 Å². The first kappa shape index (κ1) is 19.9. The first-order chi connectivity index (χ1) is 14.2. The fourth-order valence-corrected chi connectivity index (χ4v) is 4.59. The SMILES string of the molecule is CCOC(=O)c1[nH]nnc1Oc1ccc(C2CCN(C3CCCCC3)CC2)cc1. The summed E-state index contributed by atoms with van der Waals surface area (Å²) in [5, 5.41) is 10.0. The summed E-state index contributed by atoms with van der Waals surface area (Å²) >= 11 is 0. The molecule has 2 aromatic rings. The van der Waals surface area contributed by atoms with Crippen LogP contribution in [0.25, 0.3) is 0 Å². The second kappa shape index (κ2) is 9.39. The van der Waals surface area contributed by atoms with Gasteiger partial charge in [0.05, 0.1) is 6.61 Å². The lowest BCUT2D eigenvalue weighted by Gasteiger charge is -2.39. The van der Waals surface area contributed by atoms with Crippen molar-refractivity contribution in [3.63, 3.8) is 0 Å². The van der Waals surface area contributed by atoms with Crippen LogP contribution in [0.2, 0.25) is 0 Å². The first-order valence-electron chi connectivity index (χ1n) is 10.8. The number of nitrogens with zero attached hydrogens (tertiary/aromatic N) is 3. The number of likely N-dealkylation sites (tertiary alicyclic amines) is 1. The van der Waals surface area contributed by atoms with Crippen molar-refractivity contribution in [2.75, 3.05) is 19.7 Å². The molecule has 1 saturated carbocycles. The van der Waals surface area contributed by atoms with Crippen molar-refractivity contribution in [3.05, 3.63) is 35.5 Å². The molecule has 1 aliphatic carbocycles. The number of hydrogen-bond acceptors (Lipinski definition) is 6. The van der Waals surface area contributed by atoms with Crippen molar-refractivity contribution in [1.82, 2.24) is 20.3 Å². The molecular formula is C22H30N4O3. The van der Waals surface area contributed by atoms with Gasteiger partial charge in [-0.2, -0.15) is 0 Å². The molecule has 1 N–H and O–H groups in total. The summed E-state index contributed by atoms with van der Waals surface area (Å²) < 4.78 is 10.7. The number of H-pyrrole nitrogens is 1. The predicted molar refractivity (Wildman–Crippen MR) is 109 cm³/mol. The normalized spacial score (nSPS) is 19.2. The van der Waals surface area contributed by atoms with Crippen molar-refractivity contribution in [2.45, 2.75) is 63.8 Å². The molecular weight excluding hydrogens is 368 g/mol. The Labute approximate surface area is 171 Å². The number of rotatable bonds is 6. The van der Waals surface area contributed by atoms with E-state index in [0.717, 1.165) is 6.04 Å². The lowest BCUT2D eigenvalue weighted by atomic mass is 9.87. The highest BCUT2D eigenvalue weighted by Crippen LogP contribution is 2.33. The van der Waals surface area contributed by atoms with Gasteiger partial charge in [0.25, 0.3) is 5.88 Å². The zero-order chi connectivity index (χ0) is 20.1. The van der Waals surface area contributed by atoms with Crippen LogP contribution in [-0.4, -0.2) is 52.0 Å². The van der Waals surface area contributed by atoms with Gasteiger partial charge in [0.2, 0.25) is 5.69 Å². The summed E-state index contributed by atoms with van der Waals surface area (Å²) in [7, 11) is 0. The number of aromatic amines is 1.